The van der Waals surface area contributed by atoms with E-state index in [0.29, 0.717) is 24.0 Å². The number of fused-ring (bicyclic) bond motifs is 1. The van der Waals surface area contributed by atoms with E-state index >= 15 is 0 Å². The number of aromatic nitrogens is 1. The lowest BCUT2D eigenvalue weighted by atomic mass is 10.0. The molecule has 0 bridgehead atoms. The number of likely N-dealkylation sites (tertiary alicyclic amines) is 1. The SMILES string of the molecule is O=C(Nc1ccc(N2CCCCC2)nc1)C1CCCN1C(=O)c1ccc2ccccc2c1O. The lowest BCUT2D eigenvalue weighted by molar-refractivity contribution is -0.119. The highest BCUT2D eigenvalue weighted by molar-refractivity contribution is 6.06. The van der Waals surface area contributed by atoms with E-state index in [9.17, 15) is 14.7 Å². The predicted octanol–water partition coefficient (Wildman–Crippen LogP) is 4.17. The molecule has 1 atom stereocenters. The summed E-state index contributed by atoms with van der Waals surface area (Å²) < 4.78 is 0. The molecule has 7 nitrogen and oxygen atoms in total. The number of carbonyl (C=O) groups excluding carboxylic acids is 2. The zero-order valence-corrected chi connectivity index (χ0v) is 18.5. The first-order valence-electron chi connectivity index (χ1n) is 11.7. The monoisotopic (exact) mass is 444 g/mol. The van der Waals surface area contributed by atoms with Crippen molar-refractivity contribution in [3.63, 3.8) is 0 Å². The molecule has 0 spiro atoms. The topological polar surface area (TPSA) is 85.8 Å². The molecule has 0 aliphatic carbocycles. The van der Waals surface area contributed by atoms with Gasteiger partial charge in [-0.1, -0.05) is 30.3 Å². The molecule has 2 fully saturated rings. The summed E-state index contributed by atoms with van der Waals surface area (Å²) in [5.41, 5.74) is 0.842. The van der Waals surface area contributed by atoms with Gasteiger partial charge in [0.25, 0.3) is 5.91 Å². The van der Waals surface area contributed by atoms with E-state index in [1.807, 2.05) is 36.4 Å². The highest BCUT2D eigenvalue weighted by Crippen LogP contribution is 2.31. The fourth-order valence-corrected chi connectivity index (χ4v) is 4.86. The summed E-state index contributed by atoms with van der Waals surface area (Å²) in [5, 5.41) is 15.1. The van der Waals surface area contributed by atoms with E-state index in [0.717, 1.165) is 30.7 Å². The van der Waals surface area contributed by atoms with Crippen LogP contribution in [0.3, 0.4) is 0 Å². The van der Waals surface area contributed by atoms with E-state index in [4.69, 9.17) is 0 Å². The summed E-state index contributed by atoms with van der Waals surface area (Å²) in [6.45, 7) is 2.51. The lowest BCUT2D eigenvalue weighted by Crippen LogP contribution is -2.43. The van der Waals surface area contributed by atoms with Crippen molar-refractivity contribution in [2.75, 3.05) is 29.9 Å². The number of hydrogen-bond acceptors (Lipinski definition) is 5. The maximum atomic E-state index is 13.3. The number of anilines is 2. The van der Waals surface area contributed by atoms with Crippen LogP contribution >= 0.6 is 0 Å². The molecular weight excluding hydrogens is 416 g/mol. The Morgan fingerprint density at radius 2 is 1.76 bits per heavy atom. The lowest BCUT2D eigenvalue weighted by Gasteiger charge is -2.28. The van der Waals surface area contributed by atoms with Crippen LogP contribution in [-0.4, -0.2) is 52.5 Å². The Hall–Kier alpha value is -3.61. The number of benzene rings is 2. The average molecular weight is 445 g/mol. The molecule has 2 aromatic carbocycles. The molecule has 2 aliphatic heterocycles. The highest BCUT2D eigenvalue weighted by atomic mass is 16.3. The molecule has 2 aliphatic rings. The minimum Gasteiger partial charge on any atom is -0.506 e. The third-order valence-corrected chi connectivity index (χ3v) is 6.64. The van der Waals surface area contributed by atoms with Gasteiger partial charge in [-0.05, 0) is 55.7 Å². The number of aromatic hydroxyl groups is 1. The fourth-order valence-electron chi connectivity index (χ4n) is 4.86. The molecule has 7 heteroatoms. The number of pyridine rings is 1. The third-order valence-electron chi connectivity index (χ3n) is 6.64. The van der Waals surface area contributed by atoms with Gasteiger partial charge in [0.15, 0.2) is 0 Å². The second-order valence-corrected chi connectivity index (χ2v) is 8.78. The Balaban J connectivity index is 1.29. The molecule has 3 heterocycles. The van der Waals surface area contributed by atoms with E-state index in [1.54, 1.807) is 23.2 Å². The van der Waals surface area contributed by atoms with Gasteiger partial charge >= 0.3 is 0 Å². The van der Waals surface area contributed by atoms with Crippen LogP contribution in [0.4, 0.5) is 11.5 Å². The molecule has 5 rings (SSSR count). The summed E-state index contributed by atoms with van der Waals surface area (Å²) in [4.78, 5) is 34.7. The molecule has 2 saturated heterocycles. The van der Waals surface area contributed by atoms with Crippen LogP contribution in [0.1, 0.15) is 42.5 Å². The standard InChI is InChI=1S/C26H28N4O3/c31-24-20-8-3-2-7-18(20)10-12-21(24)26(33)30-16-6-9-22(30)25(32)28-19-11-13-23(27-17-19)29-14-4-1-5-15-29/h2-3,7-8,10-13,17,22,31H,1,4-6,9,14-16H2,(H,28,32). The molecule has 0 saturated carbocycles. The van der Waals surface area contributed by atoms with Gasteiger partial charge in [0.05, 0.1) is 17.4 Å². The van der Waals surface area contributed by atoms with Crippen molar-refractivity contribution in [1.82, 2.24) is 9.88 Å². The molecule has 170 valence electrons. The van der Waals surface area contributed by atoms with Crippen LogP contribution in [0.15, 0.2) is 54.7 Å². The average Bonchev–Trinajstić information content (AvgIpc) is 3.35. The number of nitrogens with zero attached hydrogens (tertiary/aromatic N) is 3. The number of hydrogen-bond donors (Lipinski definition) is 2. The van der Waals surface area contributed by atoms with Crippen LogP contribution in [0.25, 0.3) is 10.8 Å². The van der Waals surface area contributed by atoms with Gasteiger partial charge in [0.1, 0.15) is 17.6 Å². The van der Waals surface area contributed by atoms with Crippen LogP contribution in [0, 0.1) is 0 Å². The predicted molar refractivity (Wildman–Crippen MR) is 129 cm³/mol. The molecule has 0 radical (unpaired) electrons. The minimum atomic E-state index is -0.579. The van der Waals surface area contributed by atoms with E-state index in [2.05, 4.69) is 15.2 Å². The van der Waals surface area contributed by atoms with Crippen molar-refractivity contribution in [3.05, 3.63) is 60.3 Å². The van der Waals surface area contributed by atoms with E-state index < -0.39 is 6.04 Å². The van der Waals surface area contributed by atoms with Crippen LogP contribution in [-0.2, 0) is 4.79 Å². The van der Waals surface area contributed by atoms with Crippen molar-refractivity contribution in [2.24, 2.45) is 0 Å². The largest absolute Gasteiger partial charge is 0.506 e. The van der Waals surface area contributed by atoms with Gasteiger partial charge in [-0.25, -0.2) is 4.98 Å². The highest BCUT2D eigenvalue weighted by Gasteiger charge is 2.35. The Labute approximate surface area is 193 Å². The van der Waals surface area contributed by atoms with Gasteiger partial charge in [-0.15, -0.1) is 0 Å². The number of piperidine rings is 1. The fraction of sp³-hybridized carbons (Fsp3) is 0.346. The van der Waals surface area contributed by atoms with Crippen molar-refractivity contribution >= 4 is 34.1 Å². The van der Waals surface area contributed by atoms with Gasteiger partial charge in [-0.3, -0.25) is 9.59 Å². The number of phenols is 1. The van der Waals surface area contributed by atoms with Crippen LogP contribution in [0.2, 0.25) is 0 Å². The summed E-state index contributed by atoms with van der Waals surface area (Å²) >= 11 is 0. The number of carbonyl (C=O) groups is 2. The summed E-state index contributed by atoms with van der Waals surface area (Å²) in [6, 6.07) is 14.1. The summed E-state index contributed by atoms with van der Waals surface area (Å²) in [5.74, 6) is 0.335. The first-order chi connectivity index (χ1) is 16.1. The zero-order valence-electron chi connectivity index (χ0n) is 18.5. The molecule has 2 amide bonds. The van der Waals surface area contributed by atoms with Crippen LogP contribution < -0.4 is 10.2 Å². The minimum absolute atomic E-state index is 0.0401. The molecule has 1 unspecified atom stereocenters. The van der Waals surface area contributed by atoms with Gasteiger partial charge in [0.2, 0.25) is 5.91 Å². The second-order valence-electron chi connectivity index (χ2n) is 8.78. The number of nitrogens with one attached hydrogen (secondary N) is 1. The zero-order chi connectivity index (χ0) is 22.8. The smallest absolute Gasteiger partial charge is 0.258 e. The molecular formula is C26H28N4O3. The van der Waals surface area contributed by atoms with Gasteiger partial charge in [0, 0.05) is 25.0 Å². The molecule has 2 N–H and O–H groups in total. The Morgan fingerprint density at radius 3 is 2.55 bits per heavy atom. The maximum Gasteiger partial charge on any atom is 0.258 e. The van der Waals surface area contributed by atoms with E-state index in [1.165, 1.54) is 19.3 Å². The Bertz CT molecular complexity index is 1170. The van der Waals surface area contributed by atoms with Crippen molar-refractivity contribution in [2.45, 2.75) is 38.1 Å². The third kappa shape index (κ3) is 4.23. The Morgan fingerprint density at radius 1 is 0.939 bits per heavy atom. The maximum absolute atomic E-state index is 13.3. The van der Waals surface area contributed by atoms with Crippen molar-refractivity contribution in [1.29, 1.82) is 0 Å². The van der Waals surface area contributed by atoms with Gasteiger partial charge in [-0.2, -0.15) is 0 Å². The molecule has 3 aromatic rings. The first-order valence-corrected chi connectivity index (χ1v) is 11.7. The quantitative estimate of drug-likeness (QED) is 0.631. The summed E-state index contributed by atoms with van der Waals surface area (Å²) in [6.07, 6.45) is 6.63. The van der Waals surface area contributed by atoms with Crippen molar-refractivity contribution in [3.8, 4) is 5.75 Å². The molecule has 1 aromatic heterocycles. The number of rotatable bonds is 4. The van der Waals surface area contributed by atoms with Crippen LogP contribution in [0.5, 0.6) is 5.75 Å². The first kappa shape index (κ1) is 21.2. The van der Waals surface area contributed by atoms with Crippen molar-refractivity contribution < 1.29 is 14.7 Å². The number of amides is 2. The normalized spacial score (nSPS) is 18.5. The summed E-state index contributed by atoms with van der Waals surface area (Å²) in [7, 11) is 0. The second kappa shape index (κ2) is 9.10. The Kier molecular flexibility index (Phi) is 5.86. The molecule has 33 heavy (non-hydrogen) atoms. The van der Waals surface area contributed by atoms with E-state index in [-0.39, 0.29) is 23.1 Å². The van der Waals surface area contributed by atoms with Gasteiger partial charge < -0.3 is 20.2 Å². The number of phenolic OH excluding ortho intramolecular Hbond substituents is 1.